The Morgan fingerprint density at radius 2 is 1.25 bits per heavy atom. The van der Waals surface area contributed by atoms with Crippen molar-refractivity contribution in [2.24, 2.45) is 5.73 Å². The van der Waals surface area contributed by atoms with E-state index in [-0.39, 0.29) is 9.79 Å². The van der Waals surface area contributed by atoms with Gasteiger partial charge in [0.2, 0.25) is 5.88 Å². The van der Waals surface area contributed by atoms with Crippen molar-refractivity contribution < 1.29 is 30.7 Å². The molecule has 0 aliphatic heterocycles. The molecule has 0 atom stereocenters. The highest BCUT2D eigenvalue weighted by Gasteiger charge is 2.07. The van der Waals surface area contributed by atoms with E-state index in [4.69, 9.17) is 19.6 Å². The van der Waals surface area contributed by atoms with Gasteiger partial charge in [-0.2, -0.15) is 16.8 Å². The molecule has 0 unspecified atom stereocenters. The van der Waals surface area contributed by atoms with Gasteiger partial charge in [0.1, 0.15) is 6.33 Å². The van der Waals surface area contributed by atoms with E-state index in [0.717, 1.165) is 16.7 Å². The van der Waals surface area contributed by atoms with E-state index < -0.39 is 20.2 Å². The number of rotatable bonds is 4. The Morgan fingerprint density at radius 1 is 0.844 bits per heavy atom. The van der Waals surface area contributed by atoms with E-state index >= 15 is 0 Å². The van der Waals surface area contributed by atoms with Gasteiger partial charge in [-0.05, 0) is 38.1 Å². The summed E-state index contributed by atoms with van der Waals surface area (Å²) in [4.78, 5) is 7.51. The van der Waals surface area contributed by atoms with Crippen molar-refractivity contribution in [3.63, 3.8) is 0 Å². The first-order chi connectivity index (χ1) is 14.9. The average Bonchev–Trinajstić information content (AvgIpc) is 2.74. The maximum atomic E-state index is 10.5. The van der Waals surface area contributed by atoms with Crippen LogP contribution in [0.2, 0.25) is 0 Å². The Bertz CT molecular complexity index is 1100. The van der Waals surface area contributed by atoms with Gasteiger partial charge in [-0.1, -0.05) is 35.4 Å². The molecule has 10 nitrogen and oxygen atoms in total. The standard InChI is InChI=1S/2C7H8O3S.C6H9N3O/c2*1-6-2-4-7(5-3-6)11(8,9)10;1-10-6-5(2-7)3-8-4-9-6/h2*2-5H,1H3,(H,8,9,10);3-4H,2,7H2,1H3. The van der Waals surface area contributed by atoms with Crippen LogP contribution in [-0.4, -0.2) is 43.0 Å². The number of aromatic nitrogens is 2. The number of methoxy groups -OCH3 is 1. The van der Waals surface area contributed by atoms with Crippen molar-refractivity contribution in [2.45, 2.75) is 30.2 Å². The quantitative estimate of drug-likeness (QED) is 0.468. The summed E-state index contributed by atoms with van der Waals surface area (Å²) in [5.74, 6) is 0.553. The summed E-state index contributed by atoms with van der Waals surface area (Å²) in [6.45, 7) is 4.09. The molecule has 0 aliphatic carbocycles. The van der Waals surface area contributed by atoms with E-state index in [2.05, 4.69) is 9.97 Å². The Labute approximate surface area is 187 Å². The van der Waals surface area contributed by atoms with Crippen LogP contribution in [-0.2, 0) is 26.8 Å². The molecule has 0 radical (unpaired) electrons. The minimum atomic E-state index is -4.02. The van der Waals surface area contributed by atoms with Gasteiger partial charge in [-0.25, -0.2) is 9.97 Å². The number of nitrogens with two attached hydrogens (primary N) is 1. The smallest absolute Gasteiger partial charge is 0.294 e. The van der Waals surface area contributed by atoms with Crippen LogP contribution in [0.5, 0.6) is 5.88 Å². The second kappa shape index (κ2) is 12.2. The predicted molar refractivity (Wildman–Crippen MR) is 118 cm³/mol. The average molecular weight is 484 g/mol. The lowest BCUT2D eigenvalue weighted by molar-refractivity contribution is 0.391. The van der Waals surface area contributed by atoms with Crippen molar-refractivity contribution in [1.82, 2.24) is 9.97 Å². The lowest BCUT2D eigenvalue weighted by Gasteiger charge is -2.01. The van der Waals surface area contributed by atoms with Crippen LogP contribution in [0.3, 0.4) is 0 Å². The number of ether oxygens (including phenoxy) is 1. The maximum absolute atomic E-state index is 10.5. The van der Waals surface area contributed by atoms with Crippen LogP contribution in [0, 0.1) is 13.8 Å². The third-order valence-electron chi connectivity index (χ3n) is 3.80. The van der Waals surface area contributed by atoms with Crippen molar-refractivity contribution in [1.29, 1.82) is 0 Å². The van der Waals surface area contributed by atoms with E-state index in [1.807, 2.05) is 13.8 Å². The Balaban J connectivity index is 0.000000240. The first kappa shape index (κ1) is 27.1. The second-order valence-electron chi connectivity index (χ2n) is 6.34. The van der Waals surface area contributed by atoms with Crippen LogP contribution in [0.4, 0.5) is 0 Å². The highest BCUT2D eigenvalue weighted by atomic mass is 32.2. The fourth-order valence-corrected chi connectivity index (χ4v) is 3.05. The number of benzene rings is 2. The van der Waals surface area contributed by atoms with E-state index in [9.17, 15) is 16.8 Å². The van der Waals surface area contributed by atoms with E-state index in [0.29, 0.717) is 12.4 Å². The molecule has 1 heterocycles. The summed E-state index contributed by atoms with van der Waals surface area (Å²) in [7, 11) is -6.48. The molecule has 32 heavy (non-hydrogen) atoms. The highest BCUT2D eigenvalue weighted by Crippen LogP contribution is 2.10. The molecule has 4 N–H and O–H groups in total. The molecular weight excluding hydrogens is 458 g/mol. The number of nitrogens with zero attached hydrogens (tertiary/aromatic N) is 2. The lowest BCUT2D eigenvalue weighted by atomic mass is 10.2. The molecule has 0 spiro atoms. The van der Waals surface area contributed by atoms with Gasteiger partial charge in [0.25, 0.3) is 20.2 Å². The first-order valence-electron chi connectivity index (χ1n) is 8.99. The van der Waals surface area contributed by atoms with Crippen molar-refractivity contribution in [2.75, 3.05) is 7.11 Å². The summed E-state index contributed by atoms with van der Waals surface area (Å²) < 4.78 is 64.0. The van der Waals surface area contributed by atoms with Gasteiger partial charge in [-0.3, -0.25) is 9.11 Å². The van der Waals surface area contributed by atoms with E-state index in [1.54, 1.807) is 37.6 Å². The predicted octanol–water partition coefficient (Wildman–Crippen LogP) is 2.43. The van der Waals surface area contributed by atoms with Crippen LogP contribution in [0.25, 0.3) is 0 Å². The molecule has 0 saturated heterocycles. The van der Waals surface area contributed by atoms with Crippen molar-refractivity contribution in [3.8, 4) is 5.88 Å². The molecule has 1 aromatic heterocycles. The number of hydrogen-bond acceptors (Lipinski definition) is 8. The van der Waals surface area contributed by atoms with Gasteiger partial charge in [0, 0.05) is 18.3 Å². The molecule has 2 aromatic carbocycles. The maximum Gasteiger partial charge on any atom is 0.294 e. The molecule has 3 rings (SSSR count). The molecule has 0 aliphatic rings. The Morgan fingerprint density at radius 3 is 1.53 bits per heavy atom. The molecule has 0 fully saturated rings. The summed E-state index contributed by atoms with van der Waals surface area (Å²) in [5, 5.41) is 0. The van der Waals surface area contributed by atoms with Crippen LogP contribution >= 0.6 is 0 Å². The largest absolute Gasteiger partial charge is 0.481 e. The molecule has 12 heteroatoms. The molecular formula is C20H25N3O7S2. The van der Waals surface area contributed by atoms with Gasteiger partial charge >= 0.3 is 0 Å². The topological polar surface area (TPSA) is 170 Å². The molecule has 3 aromatic rings. The van der Waals surface area contributed by atoms with Crippen LogP contribution in [0.1, 0.15) is 16.7 Å². The summed E-state index contributed by atoms with van der Waals surface area (Å²) in [6.07, 6.45) is 3.07. The third-order valence-corrected chi connectivity index (χ3v) is 5.53. The number of hydrogen-bond donors (Lipinski definition) is 3. The van der Waals surface area contributed by atoms with Gasteiger partial charge < -0.3 is 10.5 Å². The minimum Gasteiger partial charge on any atom is -0.481 e. The van der Waals surface area contributed by atoms with Gasteiger partial charge in [0.15, 0.2) is 0 Å². The van der Waals surface area contributed by atoms with Gasteiger partial charge in [-0.15, -0.1) is 0 Å². The minimum absolute atomic E-state index is 0.0666. The third kappa shape index (κ3) is 9.49. The fraction of sp³-hybridized carbons (Fsp3) is 0.200. The normalized spacial score (nSPS) is 10.8. The summed E-state index contributed by atoms with van der Waals surface area (Å²) in [6, 6.07) is 12.0. The van der Waals surface area contributed by atoms with Crippen molar-refractivity contribution >= 4 is 20.2 Å². The molecule has 0 saturated carbocycles. The zero-order valence-electron chi connectivity index (χ0n) is 17.7. The van der Waals surface area contributed by atoms with Crippen LogP contribution < -0.4 is 10.5 Å². The SMILES string of the molecule is COc1ncncc1CN.Cc1ccc(S(=O)(=O)O)cc1.Cc1ccc(S(=O)(=O)O)cc1. The lowest BCUT2D eigenvalue weighted by Crippen LogP contribution is -2.01. The number of aryl methyl sites for hydroxylation is 2. The highest BCUT2D eigenvalue weighted by molar-refractivity contribution is 7.86. The summed E-state index contributed by atoms with van der Waals surface area (Å²) >= 11 is 0. The Kier molecular flexibility index (Phi) is 10.4. The zero-order valence-corrected chi connectivity index (χ0v) is 19.3. The van der Waals surface area contributed by atoms with Crippen LogP contribution in [0.15, 0.2) is 70.8 Å². The monoisotopic (exact) mass is 483 g/mol. The molecule has 0 bridgehead atoms. The second-order valence-corrected chi connectivity index (χ2v) is 9.18. The first-order valence-corrected chi connectivity index (χ1v) is 11.9. The molecule has 0 amide bonds. The Hall–Kier alpha value is -2.90. The van der Waals surface area contributed by atoms with E-state index in [1.165, 1.54) is 30.6 Å². The van der Waals surface area contributed by atoms with Crippen molar-refractivity contribution in [3.05, 3.63) is 77.7 Å². The molecule has 174 valence electrons. The fourth-order valence-electron chi connectivity index (χ4n) is 2.09. The zero-order chi connectivity index (χ0) is 24.4. The van der Waals surface area contributed by atoms with Gasteiger partial charge in [0.05, 0.1) is 16.9 Å². The summed E-state index contributed by atoms with van der Waals surface area (Å²) in [5.41, 5.74) is 8.10.